The maximum absolute atomic E-state index is 12.9. The second-order valence-electron chi connectivity index (χ2n) is 8.16. The molecule has 0 aromatic carbocycles. The first-order chi connectivity index (χ1) is 16.0. The number of piperidine rings is 1. The summed E-state index contributed by atoms with van der Waals surface area (Å²) in [4.78, 5) is 33.9. The molecule has 1 saturated heterocycles. The van der Waals surface area contributed by atoms with Gasteiger partial charge in [0.2, 0.25) is 0 Å². The van der Waals surface area contributed by atoms with Crippen LogP contribution in [0.3, 0.4) is 0 Å². The molecule has 5 rings (SSSR count). The maximum atomic E-state index is 12.9. The van der Waals surface area contributed by atoms with Crippen LogP contribution >= 0.6 is 34.4 Å². The summed E-state index contributed by atoms with van der Waals surface area (Å²) in [7, 11) is 0. The van der Waals surface area contributed by atoms with Crippen molar-refractivity contribution in [3.63, 3.8) is 0 Å². The van der Waals surface area contributed by atoms with Gasteiger partial charge in [0.05, 0.1) is 20.2 Å². The number of aromatic nitrogens is 1. The minimum Gasteiger partial charge on any atom is -0.376 e. The molecule has 0 spiro atoms. The molecular weight excluding hydrogens is 476 g/mol. The highest BCUT2D eigenvalue weighted by molar-refractivity contribution is 8.04. The molecule has 0 aliphatic carbocycles. The van der Waals surface area contributed by atoms with Crippen LogP contribution in [0.4, 0.5) is 0 Å². The Balaban J connectivity index is 1.15. The van der Waals surface area contributed by atoms with Gasteiger partial charge in [-0.1, -0.05) is 17.8 Å². The normalized spacial score (nSPS) is 23.1. The van der Waals surface area contributed by atoms with Gasteiger partial charge in [-0.2, -0.15) is 10.2 Å². The average molecular weight is 501 g/mol. The summed E-state index contributed by atoms with van der Waals surface area (Å²) in [5.74, 6) is 0.133. The molecule has 3 aliphatic rings. The number of azo groups is 1. The SMILES string of the molecule is CC1=C(C(=O)N2CCC(c3nc(C(=O)NC4C=C(c5cccs5)N=N4)cs3)CC2)SC(C)N1. The molecule has 5 heterocycles. The Kier molecular flexibility index (Phi) is 6.35. The summed E-state index contributed by atoms with van der Waals surface area (Å²) in [5, 5.41) is 19.5. The minimum absolute atomic E-state index is 0.118. The molecule has 2 aromatic heterocycles. The molecule has 11 heteroatoms. The number of carbonyl (C=O) groups is 2. The summed E-state index contributed by atoms with van der Waals surface area (Å²) in [5.41, 5.74) is 2.15. The molecule has 2 atom stereocenters. The van der Waals surface area contributed by atoms with Gasteiger partial charge >= 0.3 is 0 Å². The van der Waals surface area contributed by atoms with Gasteiger partial charge in [-0.25, -0.2) is 4.98 Å². The number of hydrogen-bond donors (Lipinski definition) is 2. The lowest BCUT2D eigenvalue weighted by atomic mass is 9.97. The summed E-state index contributed by atoms with van der Waals surface area (Å²) in [6.45, 7) is 5.43. The van der Waals surface area contributed by atoms with Gasteiger partial charge in [0.25, 0.3) is 11.8 Å². The summed E-state index contributed by atoms with van der Waals surface area (Å²) < 4.78 is 0. The van der Waals surface area contributed by atoms with Gasteiger partial charge in [0.15, 0.2) is 6.17 Å². The van der Waals surface area contributed by atoms with Crippen molar-refractivity contribution in [1.82, 2.24) is 20.5 Å². The third-order valence-corrected chi connectivity index (χ3v) is 8.88. The number of carbonyl (C=O) groups excluding carboxylic acids is 2. The van der Waals surface area contributed by atoms with Gasteiger partial charge in [-0.15, -0.1) is 22.7 Å². The number of nitrogens with zero attached hydrogens (tertiary/aromatic N) is 4. The highest BCUT2D eigenvalue weighted by Crippen LogP contribution is 2.35. The second-order valence-corrected chi connectivity index (χ2v) is 11.3. The van der Waals surface area contributed by atoms with E-state index < -0.39 is 6.17 Å². The van der Waals surface area contributed by atoms with Gasteiger partial charge in [-0.3, -0.25) is 9.59 Å². The molecule has 0 saturated carbocycles. The first-order valence-electron chi connectivity index (χ1n) is 10.8. The number of hydrogen-bond acceptors (Lipinski definition) is 9. The standard InChI is InChI=1S/C22H24N6O2S3/c1-12-19(33-13(2)23-12)22(30)28-7-5-14(6-8-28)21-24-16(11-32-21)20(29)25-18-10-15(26-27-18)17-4-3-9-31-17/h3-4,9-11,13-14,18,23H,5-8H2,1-2H3,(H,25,29). The first kappa shape index (κ1) is 22.3. The van der Waals surface area contributed by atoms with Crippen LogP contribution in [0.5, 0.6) is 0 Å². The van der Waals surface area contributed by atoms with Gasteiger partial charge < -0.3 is 15.5 Å². The predicted molar refractivity (Wildman–Crippen MR) is 132 cm³/mol. The third-order valence-electron chi connectivity index (χ3n) is 5.79. The monoisotopic (exact) mass is 500 g/mol. The maximum Gasteiger partial charge on any atom is 0.272 e. The van der Waals surface area contributed by atoms with Crippen LogP contribution in [0.15, 0.2) is 49.8 Å². The Morgan fingerprint density at radius 2 is 2.06 bits per heavy atom. The molecule has 0 bridgehead atoms. The van der Waals surface area contributed by atoms with E-state index in [0.29, 0.717) is 18.8 Å². The Hall–Kier alpha value is -2.50. The Morgan fingerprint density at radius 1 is 1.24 bits per heavy atom. The fourth-order valence-electron chi connectivity index (χ4n) is 4.10. The molecule has 2 N–H and O–H groups in total. The summed E-state index contributed by atoms with van der Waals surface area (Å²) in [6.07, 6.45) is 3.07. The van der Waals surface area contributed by atoms with E-state index in [2.05, 4.69) is 32.8 Å². The van der Waals surface area contributed by atoms with E-state index in [9.17, 15) is 9.59 Å². The molecule has 3 aliphatic heterocycles. The Labute approximate surface area is 204 Å². The fraction of sp³-hybridized carbons (Fsp3) is 0.409. The van der Waals surface area contributed by atoms with Crippen molar-refractivity contribution < 1.29 is 9.59 Å². The molecule has 2 amide bonds. The van der Waals surface area contributed by atoms with E-state index in [1.165, 1.54) is 11.3 Å². The number of thiazole rings is 1. The lowest BCUT2D eigenvalue weighted by Crippen LogP contribution is -2.38. The molecule has 33 heavy (non-hydrogen) atoms. The van der Waals surface area contributed by atoms with Crippen LogP contribution in [-0.4, -0.2) is 46.3 Å². The largest absolute Gasteiger partial charge is 0.376 e. The molecule has 1 fully saturated rings. The lowest BCUT2D eigenvalue weighted by molar-refractivity contribution is -0.127. The number of amides is 2. The van der Waals surface area contributed by atoms with Crippen LogP contribution < -0.4 is 10.6 Å². The second kappa shape index (κ2) is 9.40. The van der Waals surface area contributed by atoms with E-state index in [0.717, 1.165) is 39.0 Å². The zero-order chi connectivity index (χ0) is 22.9. The highest BCUT2D eigenvalue weighted by Gasteiger charge is 2.31. The van der Waals surface area contributed by atoms with Gasteiger partial charge in [0.1, 0.15) is 11.4 Å². The van der Waals surface area contributed by atoms with Crippen molar-refractivity contribution in [1.29, 1.82) is 0 Å². The van der Waals surface area contributed by atoms with Crippen LogP contribution in [0, 0.1) is 0 Å². The van der Waals surface area contributed by atoms with Gasteiger partial charge in [-0.05, 0) is 44.2 Å². The zero-order valence-electron chi connectivity index (χ0n) is 18.3. The van der Waals surface area contributed by atoms with Gasteiger partial charge in [0, 0.05) is 30.1 Å². The number of allylic oxidation sites excluding steroid dienone is 1. The quantitative estimate of drug-likeness (QED) is 0.635. The van der Waals surface area contributed by atoms with Crippen molar-refractivity contribution in [2.45, 2.75) is 44.1 Å². The predicted octanol–water partition coefficient (Wildman–Crippen LogP) is 4.39. The first-order valence-corrected chi connectivity index (χ1v) is 13.5. The lowest BCUT2D eigenvalue weighted by Gasteiger charge is -2.31. The van der Waals surface area contributed by atoms with E-state index in [-0.39, 0.29) is 23.1 Å². The molecule has 2 aromatic rings. The van der Waals surface area contributed by atoms with Crippen LogP contribution in [0.1, 0.15) is 53.0 Å². The van der Waals surface area contributed by atoms with Crippen LogP contribution in [0.25, 0.3) is 5.70 Å². The number of rotatable bonds is 5. The summed E-state index contributed by atoms with van der Waals surface area (Å²) in [6, 6.07) is 3.94. The number of likely N-dealkylation sites (tertiary alicyclic amines) is 1. The molecule has 0 radical (unpaired) electrons. The number of nitrogens with one attached hydrogen (secondary N) is 2. The number of thioether (sulfide) groups is 1. The molecule has 172 valence electrons. The third kappa shape index (κ3) is 4.75. The van der Waals surface area contributed by atoms with E-state index in [1.807, 2.05) is 35.4 Å². The van der Waals surface area contributed by atoms with Crippen molar-refractivity contribution in [3.05, 3.63) is 55.1 Å². The topological polar surface area (TPSA) is 99.0 Å². The minimum atomic E-state index is -0.475. The molecule has 8 nitrogen and oxygen atoms in total. The Morgan fingerprint density at radius 3 is 2.76 bits per heavy atom. The number of thiophene rings is 1. The van der Waals surface area contributed by atoms with Crippen molar-refractivity contribution in [2.75, 3.05) is 13.1 Å². The Bertz CT molecular complexity index is 1140. The average Bonchev–Trinajstić information content (AvgIpc) is 3.60. The van der Waals surface area contributed by atoms with Crippen LogP contribution in [0.2, 0.25) is 0 Å². The van der Waals surface area contributed by atoms with E-state index >= 15 is 0 Å². The molecular formula is C22H24N6O2S3. The van der Waals surface area contributed by atoms with Crippen LogP contribution in [-0.2, 0) is 4.79 Å². The van der Waals surface area contributed by atoms with E-state index in [1.54, 1.807) is 28.5 Å². The van der Waals surface area contributed by atoms with Crippen molar-refractivity contribution in [3.8, 4) is 0 Å². The smallest absolute Gasteiger partial charge is 0.272 e. The van der Waals surface area contributed by atoms with Crippen molar-refractivity contribution in [2.24, 2.45) is 10.2 Å². The summed E-state index contributed by atoms with van der Waals surface area (Å²) >= 11 is 4.69. The van der Waals surface area contributed by atoms with Crippen molar-refractivity contribution >= 4 is 51.9 Å². The fourth-order valence-corrected chi connectivity index (χ4v) is 6.82. The molecule has 2 unspecified atom stereocenters. The highest BCUT2D eigenvalue weighted by atomic mass is 32.2. The van der Waals surface area contributed by atoms with E-state index in [4.69, 9.17) is 0 Å². The zero-order valence-corrected chi connectivity index (χ0v) is 20.7.